The lowest BCUT2D eigenvalue weighted by molar-refractivity contribution is -0.136. The summed E-state index contributed by atoms with van der Waals surface area (Å²) in [5, 5.41) is 23.1. The van der Waals surface area contributed by atoms with E-state index < -0.39 is 5.97 Å². The molecular formula is C26H24N4O4S. The van der Waals surface area contributed by atoms with Crippen molar-refractivity contribution < 1.29 is 19.4 Å². The highest BCUT2D eigenvalue weighted by Gasteiger charge is 2.15. The Morgan fingerprint density at radius 3 is 2.80 bits per heavy atom. The van der Waals surface area contributed by atoms with Crippen LogP contribution in [0.15, 0.2) is 48.8 Å². The number of fused-ring (bicyclic) bond motifs is 1. The molecule has 0 spiro atoms. The summed E-state index contributed by atoms with van der Waals surface area (Å²) in [6.07, 6.45) is 2.02. The van der Waals surface area contributed by atoms with Crippen molar-refractivity contribution in [2.24, 2.45) is 0 Å². The number of rotatable bonds is 10. The van der Waals surface area contributed by atoms with E-state index in [0.29, 0.717) is 47.3 Å². The summed E-state index contributed by atoms with van der Waals surface area (Å²) >= 11 is 1.44. The number of benzene rings is 2. The second kappa shape index (κ2) is 10.8. The Kier molecular flexibility index (Phi) is 7.43. The Bertz CT molecular complexity index is 1410. The van der Waals surface area contributed by atoms with Crippen LogP contribution in [0.1, 0.15) is 22.9 Å². The number of hydrogen-bond acceptors (Lipinski definition) is 8. The number of nitrogens with one attached hydrogen (secondary N) is 1. The third-order valence-corrected chi connectivity index (χ3v) is 6.62. The minimum absolute atomic E-state index is 0.111. The van der Waals surface area contributed by atoms with Gasteiger partial charge in [0.15, 0.2) is 0 Å². The summed E-state index contributed by atoms with van der Waals surface area (Å²) in [5.74, 6) is 1.04. The van der Waals surface area contributed by atoms with Crippen LogP contribution in [0.2, 0.25) is 0 Å². The summed E-state index contributed by atoms with van der Waals surface area (Å²) in [4.78, 5) is 20.5. The summed E-state index contributed by atoms with van der Waals surface area (Å²) in [7, 11) is 1.63. The van der Waals surface area contributed by atoms with Crippen molar-refractivity contribution >= 4 is 33.2 Å². The monoisotopic (exact) mass is 488 g/mol. The molecule has 0 fully saturated rings. The standard InChI is InChI=1S/C26H24N4O4S/c1-3-34-22-11-16(7-8-17(22)12-25(31)32)20-13-24(30-15-29-20)28-10-9-18-19-5-4-6-21(33-2)26(19)35-23(18)14-27/h4-8,11,13,15H,3,9-10,12H2,1-2H3,(H,31,32)(H,28,29,30). The van der Waals surface area contributed by atoms with Crippen LogP contribution in [0, 0.1) is 11.3 Å². The van der Waals surface area contributed by atoms with Gasteiger partial charge in [-0.25, -0.2) is 9.97 Å². The highest BCUT2D eigenvalue weighted by Crippen LogP contribution is 2.37. The smallest absolute Gasteiger partial charge is 0.307 e. The molecule has 0 aliphatic carbocycles. The Labute approximate surface area is 206 Å². The first-order valence-electron chi connectivity index (χ1n) is 11.1. The average Bonchev–Trinajstić information content (AvgIpc) is 3.23. The number of anilines is 1. The normalized spacial score (nSPS) is 10.7. The number of ether oxygens (including phenoxy) is 2. The van der Waals surface area contributed by atoms with Gasteiger partial charge in [0.05, 0.1) is 30.5 Å². The van der Waals surface area contributed by atoms with Crippen LogP contribution in [0.4, 0.5) is 5.82 Å². The summed E-state index contributed by atoms with van der Waals surface area (Å²) in [6, 6.07) is 15.4. The van der Waals surface area contributed by atoms with E-state index >= 15 is 0 Å². The predicted molar refractivity (Wildman–Crippen MR) is 135 cm³/mol. The van der Waals surface area contributed by atoms with Gasteiger partial charge in [0.25, 0.3) is 0 Å². The highest BCUT2D eigenvalue weighted by atomic mass is 32.1. The molecule has 0 amide bonds. The maximum atomic E-state index is 11.1. The predicted octanol–water partition coefficient (Wildman–Crippen LogP) is 4.92. The highest BCUT2D eigenvalue weighted by molar-refractivity contribution is 7.20. The van der Waals surface area contributed by atoms with Crippen molar-refractivity contribution in [1.82, 2.24) is 9.97 Å². The number of methoxy groups -OCH3 is 1. The van der Waals surface area contributed by atoms with Crippen LogP contribution in [0.5, 0.6) is 11.5 Å². The number of nitriles is 1. The average molecular weight is 489 g/mol. The SMILES string of the molecule is CCOc1cc(-c2cc(NCCc3c(C#N)sc4c(OC)cccc34)ncn2)ccc1CC(=O)O. The van der Waals surface area contributed by atoms with Crippen LogP contribution in [0.3, 0.4) is 0 Å². The first-order valence-corrected chi connectivity index (χ1v) is 11.9. The van der Waals surface area contributed by atoms with Gasteiger partial charge >= 0.3 is 5.97 Å². The first kappa shape index (κ1) is 24.0. The third kappa shape index (κ3) is 5.34. The van der Waals surface area contributed by atoms with Crippen LogP contribution in [-0.4, -0.2) is 41.3 Å². The number of carboxylic acids is 1. The Morgan fingerprint density at radius 1 is 1.20 bits per heavy atom. The molecule has 8 nitrogen and oxygen atoms in total. The lowest BCUT2D eigenvalue weighted by Crippen LogP contribution is -2.07. The van der Waals surface area contributed by atoms with Crippen molar-refractivity contribution in [2.75, 3.05) is 25.6 Å². The van der Waals surface area contributed by atoms with E-state index in [4.69, 9.17) is 14.6 Å². The molecule has 0 radical (unpaired) electrons. The van der Waals surface area contributed by atoms with Crippen molar-refractivity contribution in [2.45, 2.75) is 19.8 Å². The maximum Gasteiger partial charge on any atom is 0.307 e. The second-order valence-electron chi connectivity index (χ2n) is 7.65. The molecule has 2 N–H and O–H groups in total. The zero-order valence-electron chi connectivity index (χ0n) is 19.4. The van der Waals surface area contributed by atoms with Crippen LogP contribution in [0.25, 0.3) is 21.3 Å². The molecule has 0 bridgehead atoms. The van der Waals surface area contributed by atoms with E-state index in [1.807, 2.05) is 37.3 Å². The van der Waals surface area contributed by atoms with Crippen molar-refractivity contribution in [3.05, 3.63) is 64.8 Å². The van der Waals surface area contributed by atoms with E-state index in [1.165, 1.54) is 17.7 Å². The molecule has 0 aliphatic heterocycles. The van der Waals surface area contributed by atoms with Crippen LogP contribution < -0.4 is 14.8 Å². The minimum atomic E-state index is -0.913. The lowest BCUT2D eigenvalue weighted by Gasteiger charge is -2.12. The first-order chi connectivity index (χ1) is 17.0. The number of carboxylic acid groups (broad SMARTS) is 1. The molecule has 2 heterocycles. The van der Waals surface area contributed by atoms with E-state index in [9.17, 15) is 10.1 Å². The van der Waals surface area contributed by atoms with Gasteiger partial charge in [-0.05, 0) is 31.0 Å². The number of carbonyl (C=O) groups is 1. The molecule has 4 aromatic rings. The maximum absolute atomic E-state index is 11.1. The fourth-order valence-electron chi connectivity index (χ4n) is 3.88. The van der Waals surface area contributed by atoms with Gasteiger partial charge in [-0.15, -0.1) is 11.3 Å². The number of nitrogens with zero attached hydrogens (tertiary/aromatic N) is 3. The molecule has 35 heavy (non-hydrogen) atoms. The van der Waals surface area contributed by atoms with Gasteiger partial charge in [0.1, 0.15) is 34.6 Å². The van der Waals surface area contributed by atoms with Gasteiger partial charge in [0, 0.05) is 29.1 Å². The van der Waals surface area contributed by atoms with Crippen molar-refractivity contribution in [1.29, 1.82) is 5.26 Å². The third-order valence-electron chi connectivity index (χ3n) is 5.46. The van der Waals surface area contributed by atoms with E-state index in [-0.39, 0.29) is 6.42 Å². The molecule has 4 rings (SSSR count). The Hall–Kier alpha value is -4.16. The topological polar surface area (TPSA) is 117 Å². The van der Waals surface area contributed by atoms with Gasteiger partial charge in [0.2, 0.25) is 0 Å². The molecule has 178 valence electrons. The molecule has 0 atom stereocenters. The molecule has 0 aliphatic rings. The van der Waals surface area contributed by atoms with E-state index in [0.717, 1.165) is 27.0 Å². The van der Waals surface area contributed by atoms with Gasteiger partial charge < -0.3 is 19.9 Å². The zero-order valence-corrected chi connectivity index (χ0v) is 20.2. The fourth-order valence-corrected chi connectivity index (χ4v) is 5.02. The number of aromatic nitrogens is 2. The summed E-state index contributed by atoms with van der Waals surface area (Å²) < 4.78 is 12.1. The second-order valence-corrected chi connectivity index (χ2v) is 8.67. The Balaban J connectivity index is 1.52. The summed E-state index contributed by atoms with van der Waals surface area (Å²) in [6.45, 7) is 2.87. The van der Waals surface area contributed by atoms with Gasteiger partial charge in [-0.3, -0.25) is 4.79 Å². The molecule has 2 aromatic heterocycles. The Morgan fingerprint density at radius 2 is 2.06 bits per heavy atom. The molecule has 2 aromatic carbocycles. The number of aliphatic carboxylic acids is 1. The summed E-state index contributed by atoms with van der Waals surface area (Å²) in [5.41, 5.74) is 3.09. The number of hydrogen-bond donors (Lipinski definition) is 2. The van der Waals surface area contributed by atoms with Crippen LogP contribution >= 0.6 is 11.3 Å². The van der Waals surface area contributed by atoms with Crippen LogP contribution in [-0.2, 0) is 17.6 Å². The molecule has 9 heteroatoms. The van der Waals surface area contributed by atoms with E-state index in [1.54, 1.807) is 19.2 Å². The number of thiophene rings is 1. The zero-order chi connectivity index (χ0) is 24.8. The van der Waals surface area contributed by atoms with Gasteiger partial charge in [-0.1, -0.05) is 24.3 Å². The molecule has 0 saturated carbocycles. The van der Waals surface area contributed by atoms with Crippen molar-refractivity contribution in [3.8, 4) is 28.8 Å². The fraction of sp³-hybridized carbons (Fsp3) is 0.231. The van der Waals surface area contributed by atoms with Crippen molar-refractivity contribution in [3.63, 3.8) is 0 Å². The molecular weight excluding hydrogens is 464 g/mol. The quantitative estimate of drug-likeness (QED) is 0.323. The largest absolute Gasteiger partial charge is 0.495 e. The van der Waals surface area contributed by atoms with E-state index in [2.05, 4.69) is 21.4 Å². The minimum Gasteiger partial charge on any atom is -0.495 e. The van der Waals surface area contributed by atoms with Gasteiger partial charge in [-0.2, -0.15) is 5.26 Å². The molecule has 0 saturated heterocycles. The lowest BCUT2D eigenvalue weighted by atomic mass is 10.0. The molecule has 0 unspecified atom stereocenters.